The number of aromatic nitrogens is 3. The highest BCUT2D eigenvalue weighted by Gasteiger charge is 2.11. The summed E-state index contributed by atoms with van der Waals surface area (Å²) in [5.74, 6) is -0.254. The molecule has 0 atom stereocenters. The second-order valence-corrected chi connectivity index (χ2v) is 5.75. The molecule has 0 aliphatic rings. The fraction of sp³-hybridized carbons (Fsp3) is 0. The van der Waals surface area contributed by atoms with Crippen molar-refractivity contribution in [3.8, 4) is 11.1 Å². The molecule has 26 heavy (non-hydrogen) atoms. The van der Waals surface area contributed by atoms with Gasteiger partial charge in [0.1, 0.15) is 0 Å². The third-order valence-corrected chi connectivity index (χ3v) is 4.05. The zero-order valence-electron chi connectivity index (χ0n) is 13.8. The van der Waals surface area contributed by atoms with Crippen LogP contribution in [0.15, 0.2) is 73.3 Å². The Morgan fingerprint density at radius 1 is 0.808 bits per heavy atom. The molecule has 0 saturated heterocycles. The van der Waals surface area contributed by atoms with Crippen molar-refractivity contribution < 1.29 is 4.79 Å². The van der Waals surface area contributed by atoms with Crippen molar-refractivity contribution >= 4 is 28.3 Å². The van der Waals surface area contributed by atoms with E-state index in [1.807, 2.05) is 24.3 Å². The van der Waals surface area contributed by atoms with E-state index >= 15 is 0 Å². The smallest absolute Gasteiger partial charge is 0.255 e. The van der Waals surface area contributed by atoms with Crippen LogP contribution in [0.5, 0.6) is 0 Å². The zero-order valence-corrected chi connectivity index (χ0v) is 13.8. The molecule has 126 valence electrons. The minimum absolute atomic E-state index is 0.254. The van der Waals surface area contributed by atoms with Gasteiger partial charge in [-0.15, -0.1) is 0 Å². The second kappa shape index (κ2) is 6.60. The number of fused-ring (bicyclic) bond motifs is 1. The molecule has 0 unspecified atom stereocenters. The second-order valence-electron chi connectivity index (χ2n) is 5.75. The first-order valence-corrected chi connectivity index (χ1v) is 8.03. The Kier molecular flexibility index (Phi) is 3.99. The van der Waals surface area contributed by atoms with E-state index in [0.29, 0.717) is 22.5 Å². The highest BCUT2D eigenvalue weighted by Crippen LogP contribution is 2.27. The number of hydrogen-bond acceptors (Lipinski definition) is 5. The molecule has 0 bridgehead atoms. The Labute approximate surface area is 149 Å². The lowest BCUT2D eigenvalue weighted by Crippen LogP contribution is -2.13. The van der Waals surface area contributed by atoms with Gasteiger partial charge in [-0.2, -0.15) is 0 Å². The van der Waals surface area contributed by atoms with Crippen LogP contribution >= 0.6 is 0 Å². The van der Waals surface area contributed by atoms with E-state index in [1.54, 1.807) is 49.1 Å². The van der Waals surface area contributed by atoms with Gasteiger partial charge in [-0.25, -0.2) is 0 Å². The summed E-state index contributed by atoms with van der Waals surface area (Å²) in [5.41, 5.74) is 10.9. The van der Waals surface area contributed by atoms with Crippen molar-refractivity contribution in [3.05, 3.63) is 78.9 Å². The van der Waals surface area contributed by atoms with Gasteiger partial charge in [-0.3, -0.25) is 19.7 Å². The summed E-state index contributed by atoms with van der Waals surface area (Å²) in [5, 5.41) is 2.87. The number of anilines is 2. The molecule has 0 spiro atoms. The van der Waals surface area contributed by atoms with Gasteiger partial charge in [0.25, 0.3) is 5.91 Å². The number of nitrogens with two attached hydrogens (primary N) is 1. The number of carbonyl (C=O) groups excluding carboxylic acids is 1. The van der Waals surface area contributed by atoms with Crippen LogP contribution in [0.3, 0.4) is 0 Å². The molecule has 6 heteroatoms. The molecule has 0 radical (unpaired) electrons. The minimum atomic E-state index is -0.254. The summed E-state index contributed by atoms with van der Waals surface area (Å²) < 4.78 is 0. The summed E-state index contributed by atoms with van der Waals surface area (Å²) in [6.07, 6.45) is 6.66. The molecule has 0 fully saturated rings. The topological polar surface area (TPSA) is 93.8 Å². The van der Waals surface area contributed by atoms with Gasteiger partial charge in [-0.1, -0.05) is 6.07 Å². The van der Waals surface area contributed by atoms with Crippen LogP contribution in [0, 0.1) is 0 Å². The van der Waals surface area contributed by atoms with E-state index in [0.717, 1.165) is 16.6 Å². The molecular formula is C20H15N5O. The van der Waals surface area contributed by atoms with E-state index in [-0.39, 0.29) is 5.91 Å². The van der Waals surface area contributed by atoms with Gasteiger partial charge in [0.2, 0.25) is 0 Å². The number of nitrogens with one attached hydrogen (secondary N) is 1. The number of benzene rings is 2. The maximum Gasteiger partial charge on any atom is 0.255 e. The molecule has 2 aromatic carbocycles. The number of hydrogen-bond donors (Lipinski definition) is 2. The van der Waals surface area contributed by atoms with Crippen molar-refractivity contribution in [1.82, 2.24) is 15.0 Å². The highest BCUT2D eigenvalue weighted by molar-refractivity contribution is 6.07. The van der Waals surface area contributed by atoms with E-state index in [9.17, 15) is 4.79 Å². The Bertz CT molecular complexity index is 1100. The van der Waals surface area contributed by atoms with E-state index in [2.05, 4.69) is 20.3 Å². The average Bonchev–Trinajstić information content (AvgIpc) is 2.70. The average molecular weight is 341 g/mol. The summed E-state index contributed by atoms with van der Waals surface area (Å²) in [7, 11) is 0. The lowest BCUT2D eigenvalue weighted by molar-refractivity contribution is 0.102. The van der Waals surface area contributed by atoms with Crippen molar-refractivity contribution in [2.24, 2.45) is 0 Å². The number of pyridine rings is 1. The van der Waals surface area contributed by atoms with Crippen LogP contribution in [-0.4, -0.2) is 20.9 Å². The summed E-state index contributed by atoms with van der Waals surface area (Å²) in [6, 6.07) is 14.5. The van der Waals surface area contributed by atoms with Crippen molar-refractivity contribution in [2.45, 2.75) is 0 Å². The number of amides is 1. The molecule has 4 rings (SSSR count). The normalized spacial score (nSPS) is 10.6. The first-order valence-electron chi connectivity index (χ1n) is 8.03. The summed E-state index contributed by atoms with van der Waals surface area (Å²) >= 11 is 0. The zero-order chi connectivity index (χ0) is 17.9. The summed E-state index contributed by atoms with van der Waals surface area (Å²) in [4.78, 5) is 25.1. The van der Waals surface area contributed by atoms with Gasteiger partial charge < -0.3 is 11.1 Å². The van der Waals surface area contributed by atoms with Gasteiger partial charge in [-0.05, 0) is 53.6 Å². The van der Waals surface area contributed by atoms with Crippen LogP contribution < -0.4 is 11.1 Å². The largest absolute Gasteiger partial charge is 0.397 e. The highest BCUT2D eigenvalue weighted by atomic mass is 16.1. The number of nitrogen functional groups attached to an aromatic ring is 1. The Balaban J connectivity index is 1.64. The number of carbonyl (C=O) groups is 1. The molecule has 0 saturated carbocycles. The molecule has 0 aliphatic carbocycles. The van der Waals surface area contributed by atoms with E-state index in [4.69, 9.17) is 5.73 Å². The third kappa shape index (κ3) is 3.08. The fourth-order valence-corrected chi connectivity index (χ4v) is 2.69. The molecule has 0 aliphatic heterocycles. The lowest BCUT2D eigenvalue weighted by atomic mass is 10.1. The number of rotatable bonds is 3. The molecule has 3 N–H and O–H groups in total. The first-order chi connectivity index (χ1) is 12.7. The van der Waals surface area contributed by atoms with Crippen molar-refractivity contribution in [3.63, 3.8) is 0 Å². The third-order valence-electron chi connectivity index (χ3n) is 4.05. The van der Waals surface area contributed by atoms with Crippen LogP contribution in [0.4, 0.5) is 11.4 Å². The Hall–Kier alpha value is -3.80. The summed E-state index contributed by atoms with van der Waals surface area (Å²) in [6.45, 7) is 0. The SMILES string of the molecule is Nc1ccc(-c2ccncc2)cc1NC(=O)c1ccc2nccnc2c1. The molecule has 6 nitrogen and oxygen atoms in total. The Morgan fingerprint density at radius 3 is 2.38 bits per heavy atom. The maximum absolute atomic E-state index is 12.6. The van der Waals surface area contributed by atoms with Crippen LogP contribution in [0.25, 0.3) is 22.2 Å². The van der Waals surface area contributed by atoms with Crippen LogP contribution in [0.2, 0.25) is 0 Å². The van der Waals surface area contributed by atoms with Gasteiger partial charge in [0, 0.05) is 30.4 Å². The predicted octanol–water partition coefficient (Wildman–Crippen LogP) is 3.53. The standard InChI is InChI=1S/C20H15N5O/c21-16-3-1-14(13-5-7-22-8-6-13)11-18(16)25-20(26)15-2-4-17-19(12-15)24-10-9-23-17/h1-12H,21H2,(H,25,26). The monoisotopic (exact) mass is 341 g/mol. The quantitative estimate of drug-likeness (QED) is 0.556. The van der Waals surface area contributed by atoms with Crippen LogP contribution in [0.1, 0.15) is 10.4 Å². The lowest BCUT2D eigenvalue weighted by Gasteiger charge is -2.11. The van der Waals surface area contributed by atoms with Gasteiger partial charge in [0.15, 0.2) is 0 Å². The molecule has 2 aromatic heterocycles. The van der Waals surface area contributed by atoms with Gasteiger partial charge in [0.05, 0.1) is 22.4 Å². The molecule has 1 amide bonds. The maximum atomic E-state index is 12.6. The fourth-order valence-electron chi connectivity index (χ4n) is 2.69. The molecule has 4 aromatic rings. The van der Waals surface area contributed by atoms with E-state index in [1.165, 1.54) is 0 Å². The molecule has 2 heterocycles. The Morgan fingerprint density at radius 2 is 1.58 bits per heavy atom. The minimum Gasteiger partial charge on any atom is -0.397 e. The van der Waals surface area contributed by atoms with Gasteiger partial charge >= 0.3 is 0 Å². The van der Waals surface area contributed by atoms with Crippen molar-refractivity contribution in [2.75, 3.05) is 11.1 Å². The molecular weight excluding hydrogens is 326 g/mol. The number of nitrogens with zero attached hydrogens (tertiary/aromatic N) is 3. The van der Waals surface area contributed by atoms with E-state index < -0.39 is 0 Å². The predicted molar refractivity (Wildman–Crippen MR) is 102 cm³/mol. The van der Waals surface area contributed by atoms with Crippen LogP contribution in [-0.2, 0) is 0 Å². The van der Waals surface area contributed by atoms with Crippen molar-refractivity contribution in [1.29, 1.82) is 0 Å². The first kappa shape index (κ1) is 15.7.